The molecule has 1 aromatic carbocycles. The van der Waals surface area contributed by atoms with E-state index >= 15 is 0 Å². The van der Waals surface area contributed by atoms with Gasteiger partial charge in [0.25, 0.3) is 0 Å². The van der Waals surface area contributed by atoms with E-state index in [0.29, 0.717) is 0 Å². The molecule has 104 valence electrons. The number of hydrogen-bond donors (Lipinski definition) is 1. The monoisotopic (exact) mass is 275 g/mol. The summed E-state index contributed by atoms with van der Waals surface area (Å²) in [6.45, 7) is 0.265. The number of halogens is 1. The average molecular weight is 275 g/mol. The van der Waals surface area contributed by atoms with Crippen molar-refractivity contribution >= 4 is 11.9 Å². The lowest BCUT2D eigenvalue weighted by atomic mass is 10.0. The summed E-state index contributed by atoms with van der Waals surface area (Å²) in [6, 6.07) is 5.07. The summed E-state index contributed by atoms with van der Waals surface area (Å²) >= 11 is 0. The normalized spacial score (nSPS) is 19.7. The van der Waals surface area contributed by atoms with Gasteiger partial charge in [0.15, 0.2) is 0 Å². The van der Waals surface area contributed by atoms with Gasteiger partial charge in [-0.05, 0) is 6.07 Å². The van der Waals surface area contributed by atoms with Crippen LogP contribution in [-0.4, -0.2) is 28.4 Å². The minimum absolute atomic E-state index is 0.182. The molecule has 20 heavy (non-hydrogen) atoms. The van der Waals surface area contributed by atoms with Crippen molar-refractivity contribution in [3.63, 3.8) is 0 Å². The Morgan fingerprint density at radius 3 is 2.80 bits per heavy atom. The number of carbonyl (C=O) groups excluding carboxylic acids is 1. The molecule has 2 atom stereocenters. The SMILES string of the molecule is C#CC1CC(=O)N(C(CC(=O)O)c2ccccc2F)C1. The van der Waals surface area contributed by atoms with E-state index in [9.17, 15) is 14.0 Å². The van der Waals surface area contributed by atoms with Gasteiger partial charge < -0.3 is 10.0 Å². The lowest BCUT2D eigenvalue weighted by Gasteiger charge is -2.27. The molecule has 1 fully saturated rings. The van der Waals surface area contributed by atoms with Crippen molar-refractivity contribution < 1.29 is 19.1 Å². The van der Waals surface area contributed by atoms with Gasteiger partial charge in [0.05, 0.1) is 12.5 Å². The van der Waals surface area contributed by atoms with Crippen molar-refractivity contribution in [3.8, 4) is 12.3 Å². The number of benzene rings is 1. The standard InChI is InChI=1S/C15H14FNO3/c1-2-10-7-14(18)17(9-10)13(8-15(19)20)11-5-3-4-6-12(11)16/h1,3-6,10,13H,7-9H2,(H,19,20). The Bertz CT molecular complexity index is 579. The lowest BCUT2D eigenvalue weighted by Crippen LogP contribution is -2.32. The Morgan fingerprint density at radius 1 is 1.55 bits per heavy atom. The highest BCUT2D eigenvalue weighted by molar-refractivity contribution is 5.80. The van der Waals surface area contributed by atoms with Crippen molar-refractivity contribution in [2.24, 2.45) is 5.92 Å². The molecule has 0 saturated carbocycles. The highest BCUT2D eigenvalue weighted by atomic mass is 19.1. The zero-order chi connectivity index (χ0) is 14.7. The maximum Gasteiger partial charge on any atom is 0.305 e. The first-order chi connectivity index (χ1) is 9.52. The molecule has 1 aliphatic heterocycles. The number of hydrogen-bond acceptors (Lipinski definition) is 2. The fourth-order valence-corrected chi connectivity index (χ4v) is 2.44. The molecule has 5 heteroatoms. The molecular formula is C15H14FNO3. The summed E-state index contributed by atoms with van der Waals surface area (Å²) in [5.41, 5.74) is 0.209. The molecule has 1 saturated heterocycles. The van der Waals surface area contributed by atoms with Crippen LogP contribution in [0.2, 0.25) is 0 Å². The Labute approximate surface area is 116 Å². The van der Waals surface area contributed by atoms with Gasteiger partial charge in [-0.3, -0.25) is 9.59 Å². The van der Waals surface area contributed by atoms with Crippen LogP contribution in [0.15, 0.2) is 24.3 Å². The number of carboxylic acids is 1. The summed E-state index contributed by atoms with van der Waals surface area (Å²) < 4.78 is 13.9. The van der Waals surface area contributed by atoms with Crippen LogP contribution in [0.4, 0.5) is 4.39 Å². The number of carbonyl (C=O) groups is 2. The molecule has 2 unspecified atom stereocenters. The largest absolute Gasteiger partial charge is 0.481 e. The molecule has 1 N–H and O–H groups in total. The molecule has 1 heterocycles. The fraction of sp³-hybridized carbons (Fsp3) is 0.333. The summed E-state index contributed by atoms with van der Waals surface area (Å²) in [5, 5.41) is 9.01. The number of aliphatic carboxylic acids is 1. The molecule has 1 amide bonds. The van der Waals surface area contributed by atoms with Crippen LogP contribution in [-0.2, 0) is 9.59 Å². The van der Waals surface area contributed by atoms with Crippen molar-refractivity contribution in [2.75, 3.05) is 6.54 Å². The fourth-order valence-electron chi connectivity index (χ4n) is 2.44. The number of carboxylic acid groups (broad SMARTS) is 1. The second-order valence-corrected chi connectivity index (χ2v) is 4.75. The van der Waals surface area contributed by atoms with Gasteiger partial charge in [0.1, 0.15) is 5.82 Å². The third kappa shape index (κ3) is 2.80. The molecule has 4 nitrogen and oxygen atoms in total. The topological polar surface area (TPSA) is 57.6 Å². The highest BCUT2D eigenvalue weighted by Gasteiger charge is 2.36. The van der Waals surface area contributed by atoms with Crippen molar-refractivity contribution in [1.82, 2.24) is 4.90 Å². The second kappa shape index (κ2) is 5.74. The van der Waals surface area contributed by atoms with Gasteiger partial charge in [-0.1, -0.05) is 18.2 Å². The van der Waals surface area contributed by atoms with E-state index < -0.39 is 17.8 Å². The van der Waals surface area contributed by atoms with Crippen LogP contribution in [0.5, 0.6) is 0 Å². The van der Waals surface area contributed by atoms with E-state index in [1.165, 1.54) is 23.1 Å². The second-order valence-electron chi connectivity index (χ2n) is 4.75. The Morgan fingerprint density at radius 2 is 2.25 bits per heavy atom. The number of rotatable bonds is 4. The molecule has 0 spiro atoms. The predicted octanol–water partition coefficient (Wildman–Crippen LogP) is 1.82. The van der Waals surface area contributed by atoms with Crippen LogP contribution in [0.25, 0.3) is 0 Å². The van der Waals surface area contributed by atoms with Crippen molar-refractivity contribution in [3.05, 3.63) is 35.6 Å². The van der Waals surface area contributed by atoms with Gasteiger partial charge in [0, 0.05) is 24.4 Å². The third-order valence-electron chi connectivity index (χ3n) is 3.40. The molecule has 0 aromatic heterocycles. The third-order valence-corrected chi connectivity index (χ3v) is 3.40. The first-order valence-electron chi connectivity index (χ1n) is 6.24. The summed E-state index contributed by atoms with van der Waals surface area (Å²) in [5.74, 6) is 0.411. The molecule has 1 aromatic rings. The summed E-state index contributed by atoms with van der Waals surface area (Å²) in [4.78, 5) is 24.3. The maximum absolute atomic E-state index is 13.9. The molecular weight excluding hydrogens is 261 g/mol. The molecule has 0 radical (unpaired) electrons. The minimum atomic E-state index is -1.09. The quantitative estimate of drug-likeness (QED) is 0.853. The summed E-state index contributed by atoms with van der Waals surface area (Å²) in [7, 11) is 0. The van der Waals surface area contributed by atoms with E-state index in [4.69, 9.17) is 11.5 Å². The molecule has 0 bridgehead atoms. The smallest absolute Gasteiger partial charge is 0.305 e. The zero-order valence-electron chi connectivity index (χ0n) is 10.8. The Balaban J connectivity index is 2.34. The average Bonchev–Trinajstić information content (AvgIpc) is 2.78. The van der Waals surface area contributed by atoms with Crippen LogP contribution in [0, 0.1) is 24.1 Å². The van der Waals surface area contributed by atoms with Gasteiger partial charge >= 0.3 is 5.97 Å². The number of terminal acetylenes is 1. The number of amides is 1. The van der Waals surface area contributed by atoms with Crippen LogP contribution in [0.3, 0.4) is 0 Å². The van der Waals surface area contributed by atoms with Crippen LogP contribution in [0.1, 0.15) is 24.4 Å². The van der Waals surface area contributed by atoms with Crippen molar-refractivity contribution in [2.45, 2.75) is 18.9 Å². The lowest BCUT2D eigenvalue weighted by molar-refractivity contribution is -0.139. The number of likely N-dealkylation sites (tertiary alicyclic amines) is 1. The Hall–Kier alpha value is -2.35. The van der Waals surface area contributed by atoms with Crippen LogP contribution < -0.4 is 0 Å². The Kier molecular flexibility index (Phi) is 4.04. The predicted molar refractivity (Wildman–Crippen MR) is 70.0 cm³/mol. The van der Waals surface area contributed by atoms with E-state index in [1.54, 1.807) is 6.07 Å². The van der Waals surface area contributed by atoms with Crippen molar-refractivity contribution in [1.29, 1.82) is 0 Å². The van der Waals surface area contributed by atoms with Gasteiger partial charge in [-0.25, -0.2) is 4.39 Å². The first-order valence-corrected chi connectivity index (χ1v) is 6.24. The highest BCUT2D eigenvalue weighted by Crippen LogP contribution is 2.32. The van der Waals surface area contributed by atoms with Gasteiger partial charge in [-0.15, -0.1) is 12.3 Å². The van der Waals surface area contributed by atoms with E-state index in [1.807, 2.05) is 0 Å². The number of nitrogens with zero attached hydrogens (tertiary/aromatic N) is 1. The van der Waals surface area contributed by atoms with E-state index in [0.717, 1.165) is 0 Å². The minimum Gasteiger partial charge on any atom is -0.481 e. The van der Waals surface area contributed by atoms with E-state index in [2.05, 4.69) is 5.92 Å². The maximum atomic E-state index is 13.9. The molecule has 1 aliphatic rings. The van der Waals surface area contributed by atoms with E-state index in [-0.39, 0.29) is 36.8 Å². The molecule has 2 rings (SSSR count). The summed E-state index contributed by atoms with van der Waals surface area (Å²) in [6.07, 6.45) is 5.15. The molecule has 0 aliphatic carbocycles. The van der Waals surface area contributed by atoms with Gasteiger partial charge in [-0.2, -0.15) is 0 Å². The first kappa shape index (κ1) is 14.1. The zero-order valence-corrected chi connectivity index (χ0v) is 10.8. The van der Waals surface area contributed by atoms with Gasteiger partial charge in [0.2, 0.25) is 5.91 Å². The van der Waals surface area contributed by atoms with Crippen LogP contribution >= 0.6 is 0 Å².